The van der Waals surface area contributed by atoms with E-state index in [1.807, 2.05) is 30.3 Å². The molecule has 2 aromatic carbocycles. The maximum Gasteiger partial charge on any atom is 0.230 e. The van der Waals surface area contributed by atoms with Gasteiger partial charge in [0.1, 0.15) is 5.82 Å². The van der Waals surface area contributed by atoms with Crippen LogP contribution in [0.15, 0.2) is 53.0 Å². The molecule has 1 aliphatic rings. The first-order valence-electron chi connectivity index (χ1n) is 7.92. The van der Waals surface area contributed by atoms with Crippen LogP contribution in [0.5, 0.6) is 0 Å². The first-order valence-corrected chi connectivity index (χ1v) is 8.72. The maximum atomic E-state index is 14.0. The van der Waals surface area contributed by atoms with Crippen LogP contribution in [0.25, 0.3) is 0 Å². The average Bonchev–Trinajstić information content (AvgIpc) is 2.53. The third-order valence-electron chi connectivity index (χ3n) is 4.37. The Balaban J connectivity index is 1.51. The Bertz CT molecular complexity index is 717. The topological polar surface area (TPSA) is 29.5 Å². The minimum atomic E-state index is -0.406. The lowest BCUT2D eigenvalue weighted by atomic mass is 9.81. The molecule has 1 amide bonds. The first-order chi connectivity index (χ1) is 11.5. The fourth-order valence-electron chi connectivity index (χ4n) is 2.84. The SMILES string of the molecule is CN(C(=O)C1CC(OCc2ccccc2)C1)c1ccc(Br)cc1F. The van der Waals surface area contributed by atoms with E-state index in [2.05, 4.69) is 15.9 Å². The summed E-state index contributed by atoms with van der Waals surface area (Å²) in [7, 11) is 1.62. The van der Waals surface area contributed by atoms with Gasteiger partial charge in [-0.15, -0.1) is 0 Å². The monoisotopic (exact) mass is 391 g/mol. The first kappa shape index (κ1) is 17.1. The molecular weight excluding hydrogens is 373 g/mol. The number of rotatable bonds is 5. The van der Waals surface area contributed by atoms with E-state index in [0.717, 1.165) is 5.56 Å². The van der Waals surface area contributed by atoms with Crippen LogP contribution < -0.4 is 4.90 Å². The van der Waals surface area contributed by atoms with Crippen molar-refractivity contribution >= 4 is 27.5 Å². The molecular formula is C19H19BrFNO2. The molecule has 0 unspecified atom stereocenters. The second kappa shape index (κ2) is 7.45. The highest BCUT2D eigenvalue weighted by Crippen LogP contribution is 2.34. The summed E-state index contributed by atoms with van der Waals surface area (Å²) < 4.78 is 20.5. The van der Waals surface area contributed by atoms with Crippen LogP contribution in [0.4, 0.5) is 10.1 Å². The number of nitrogens with zero attached hydrogens (tertiary/aromatic N) is 1. The molecule has 5 heteroatoms. The molecule has 0 N–H and O–H groups in total. The van der Waals surface area contributed by atoms with E-state index >= 15 is 0 Å². The van der Waals surface area contributed by atoms with Crippen LogP contribution >= 0.6 is 15.9 Å². The number of carbonyl (C=O) groups is 1. The molecule has 3 rings (SSSR count). The summed E-state index contributed by atoms with van der Waals surface area (Å²) >= 11 is 3.22. The van der Waals surface area contributed by atoms with Gasteiger partial charge in [-0.25, -0.2) is 4.39 Å². The molecule has 1 saturated carbocycles. The fourth-order valence-corrected chi connectivity index (χ4v) is 3.17. The van der Waals surface area contributed by atoms with Crippen molar-refractivity contribution in [1.29, 1.82) is 0 Å². The molecule has 0 radical (unpaired) electrons. The van der Waals surface area contributed by atoms with E-state index in [0.29, 0.717) is 29.6 Å². The molecule has 126 valence electrons. The quantitative estimate of drug-likeness (QED) is 0.748. The van der Waals surface area contributed by atoms with Crippen molar-refractivity contribution in [1.82, 2.24) is 0 Å². The summed E-state index contributed by atoms with van der Waals surface area (Å²) in [6.45, 7) is 0.559. The van der Waals surface area contributed by atoms with Crippen molar-refractivity contribution in [3.63, 3.8) is 0 Å². The highest BCUT2D eigenvalue weighted by atomic mass is 79.9. The standard InChI is InChI=1S/C19H19BrFNO2/c1-22(18-8-7-15(20)11-17(18)21)19(23)14-9-16(10-14)24-12-13-5-3-2-4-6-13/h2-8,11,14,16H,9-10,12H2,1H3. The molecule has 3 nitrogen and oxygen atoms in total. The predicted octanol–water partition coefficient (Wildman–Crippen LogP) is 4.55. The highest BCUT2D eigenvalue weighted by molar-refractivity contribution is 9.10. The van der Waals surface area contributed by atoms with Crippen LogP contribution in [-0.2, 0) is 16.1 Å². The van der Waals surface area contributed by atoms with Crippen LogP contribution in [-0.4, -0.2) is 19.1 Å². The summed E-state index contributed by atoms with van der Waals surface area (Å²) in [4.78, 5) is 13.9. The average molecular weight is 392 g/mol. The smallest absolute Gasteiger partial charge is 0.230 e. The van der Waals surface area contributed by atoms with Crippen molar-refractivity contribution < 1.29 is 13.9 Å². The summed E-state index contributed by atoms with van der Waals surface area (Å²) in [6, 6.07) is 14.7. The molecule has 0 saturated heterocycles. The zero-order chi connectivity index (χ0) is 17.1. The van der Waals surface area contributed by atoms with Gasteiger partial charge in [0.15, 0.2) is 0 Å². The number of ether oxygens (including phenoxy) is 1. The second-order valence-corrected chi connectivity index (χ2v) is 7.00. The van der Waals surface area contributed by atoms with Crippen LogP contribution in [0, 0.1) is 11.7 Å². The van der Waals surface area contributed by atoms with E-state index < -0.39 is 5.82 Å². The molecule has 0 aliphatic heterocycles. The Labute approximate surface area is 149 Å². The molecule has 2 aromatic rings. The van der Waals surface area contributed by atoms with Gasteiger partial charge in [0.25, 0.3) is 0 Å². The van der Waals surface area contributed by atoms with Crippen molar-refractivity contribution in [2.24, 2.45) is 5.92 Å². The molecule has 1 fully saturated rings. The molecule has 0 bridgehead atoms. The lowest BCUT2D eigenvalue weighted by molar-refractivity contribution is -0.131. The highest BCUT2D eigenvalue weighted by Gasteiger charge is 2.37. The van der Waals surface area contributed by atoms with E-state index in [-0.39, 0.29) is 17.9 Å². The normalized spacial score (nSPS) is 19.6. The van der Waals surface area contributed by atoms with Crippen LogP contribution in [0.2, 0.25) is 0 Å². The minimum Gasteiger partial charge on any atom is -0.373 e. The third-order valence-corrected chi connectivity index (χ3v) is 4.87. The molecule has 1 aliphatic carbocycles. The lowest BCUT2D eigenvalue weighted by Gasteiger charge is -2.36. The van der Waals surface area contributed by atoms with E-state index in [9.17, 15) is 9.18 Å². The largest absolute Gasteiger partial charge is 0.373 e. The van der Waals surface area contributed by atoms with E-state index in [4.69, 9.17) is 4.74 Å². The third kappa shape index (κ3) is 3.84. The van der Waals surface area contributed by atoms with Crippen molar-refractivity contribution in [3.05, 3.63) is 64.4 Å². The number of amides is 1. The van der Waals surface area contributed by atoms with Gasteiger partial charge in [-0.2, -0.15) is 0 Å². The molecule has 0 aromatic heterocycles. The van der Waals surface area contributed by atoms with Gasteiger partial charge < -0.3 is 9.64 Å². The van der Waals surface area contributed by atoms with Gasteiger partial charge >= 0.3 is 0 Å². The second-order valence-electron chi connectivity index (χ2n) is 6.08. The molecule has 0 heterocycles. The summed E-state index contributed by atoms with van der Waals surface area (Å²) in [5.74, 6) is -0.564. The summed E-state index contributed by atoms with van der Waals surface area (Å²) in [5.41, 5.74) is 1.43. The lowest BCUT2D eigenvalue weighted by Crippen LogP contribution is -2.43. The van der Waals surface area contributed by atoms with Gasteiger partial charge in [0.05, 0.1) is 18.4 Å². The summed E-state index contributed by atoms with van der Waals surface area (Å²) in [5, 5.41) is 0. The molecule has 0 atom stereocenters. The van der Waals surface area contributed by atoms with E-state index in [1.54, 1.807) is 19.2 Å². The minimum absolute atomic E-state index is 0.0595. The fraction of sp³-hybridized carbons (Fsp3) is 0.316. The van der Waals surface area contributed by atoms with Gasteiger partial charge in [0, 0.05) is 17.4 Å². The van der Waals surface area contributed by atoms with Gasteiger partial charge in [0.2, 0.25) is 5.91 Å². The number of benzene rings is 2. The predicted molar refractivity (Wildman–Crippen MR) is 95.3 cm³/mol. The number of hydrogen-bond acceptors (Lipinski definition) is 2. The van der Waals surface area contributed by atoms with Gasteiger partial charge in [-0.1, -0.05) is 46.3 Å². The molecule has 24 heavy (non-hydrogen) atoms. The van der Waals surface area contributed by atoms with Gasteiger partial charge in [-0.05, 0) is 36.6 Å². The van der Waals surface area contributed by atoms with Gasteiger partial charge in [-0.3, -0.25) is 4.79 Å². The Morgan fingerprint density at radius 2 is 1.96 bits per heavy atom. The van der Waals surface area contributed by atoms with Crippen molar-refractivity contribution in [2.75, 3.05) is 11.9 Å². The Hall–Kier alpha value is -1.72. The zero-order valence-electron chi connectivity index (χ0n) is 13.4. The number of hydrogen-bond donors (Lipinski definition) is 0. The number of anilines is 1. The molecule has 0 spiro atoms. The Morgan fingerprint density at radius 1 is 1.25 bits per heavy atom. The maximum absolute atomic E-state index is 14.0. The number of halogens is 2. The van der Waals surface area contributed by atoms with Crippen molar-refractivity contribution in [2.45, 2.75) is 25.6 Å². The number of carbonyl (C=O) groups excluding carboxylic acids is 1. The van der Waals surface area contributed by atoms with Crippen molar-refractivity contribution in [3.8, 4) is 0 Å². The Kier molecular flexibility index (Phi) is 5.31. The summed E-state index contributed by atoms with van der Waals surface area (Å²) in [6.07, 6.45) is 1.48. The Morgan fingerprint density at radius 3 is 2.62 bits per heavy atom. The van der Waals surface area contributed by atoms with Crippen LogP contribution in [0.1, 0.15) is 18.4 Å². The van der Waals surface area contributed by atoms with E-state index in [1.165, 1.54) is 11.0 Å². The zero-order valence-corrected chi connectivity index (χ0v) is 15.0. The van der Waals surface area contributed by atoms with Crippen LogP contribution in [0.3, 0.4) is 0 Å².